The van der Waals surface area contributed by atoms with Gasteiger partial charge in [0.2, 0.25) is 11.8 Å². The van der Waals surface area contributed by atoms with E-state index in [1.807, 2.05) is 0 Å². The van der Waals surface area contributed by atoms with Gasteiger partial charge in [0.05, 0.1) is 12.0 Å². The van der Waals surface area contributed by atoms with E-state index in [9.17, 15) is 4.79 Å². The summed E-state index contributed by atoms with van der Waals surface area (Å²) in [4.78, 5) is 18.7. The Bertz CT molecular complexity index is 837. The summed E-state index contributed by atoms with van der Waals surface area (Å²) in [6, 6.07) is 9.33. The third kappa shape index (κ3) is 4.22. The summed E-state index contributed by atoms with van der Waals surface area (Å²) >= 11 is 0. The second kappa shape index (κ2) is 8.27. The number of nitrogens with zero attached hydrogens (tertiary/aromatic N) is 3. The number of carbonyl (C=O) groups excluding carboxylic acids is 1. The smallest absolute Gasteiger partial charge is 0.240 e. The Hall–Kier alpha value is -2.21. The van der Waals surface area contributed by atoms with Crippen LogP contribution in [-0.4, -0.2) is 39.6 Å². The van der Waals surface area contributed by atoms with Crippen LogP contribution in [-0.2, 0) is 16.8 Å². The molecule has 0 radical (unpaired) electrons. The lowest BCUT2D eigenvalue weighted by atomic mass is 9.78. The summed E-state index contributed by atoms with van der Waals surface area (Å²) in [5.41, 5.74) is 2.43. The maximum atomic E-state index is 11.5. The molecule has 1 aliphatic heterocycles. The summed E-state index contributed by atoms with van der Waals surface area (Å²) in [6.45, 7) is 7.87. The second-order valence-electron chi connectivity index (χ2n) is 8.99. The van der Waals surface area contributed by atoms with E-state index >= 15 is 0 Å². The first-order valence-corrected chi connectivity index (χ1v) is 10.9. The molecule has 1 saturated carbocycles. The number of aromatic nitrogens is 2. The minimum absolute atomic E-state index is 0.127. The highest BCUT2D eigenvalue weighted by Gasteiger charge is 2.41. The first-order chi connectivity index (χ1) is 14.0. The number of hydrogen-bond donors (Lipinski definition) is 1. The Morgan fingerprint density at radius 3 is 2.59 bits per heavy atom. The molecule has 1 saturated heterocycles. The maximum absolute atomic E-state index is 11.5. The number of aryl methyl sites for hydroxylation is 1. The van der Waals surface area contributed by atoms with E-state index in [2.05, 4.69) is 60.4 Å². The molecule has 2 fully saturated rings. The van der Waals surface area contributed by atoms with E-state index in [-0.39, 0.29) is 17.4 Å². The van der Waals surface area contributed by atoms with Crippen molar-refractivity contribution in [2.24, 2.45) is 0 Å². The number of rotatable bonds is 7. The number of carbonyl (C=O) groups is 1. The van der Waals surface area contributed by atoms with Crippen molar-refractivity contribution < 1.29 is 9.32 Å². The van der Waals surface area contributed by atoms with Crippen LogP contribution in [0.4, 0.5) is 0 Å². The van der Waals surface area contributed by atoms with Crippen molar-refractivity contribution in [2.75, 3.05) is 6.54 Å². The molecular formula is C23H32N4O2. The van der Waals surface area contributed by atoms with E-state index in [4.69, 9.17) is 9.51 Å². The van der Waals surface area contributed by atoms with Gasteiger partial charge in [-0.2, -0.15) is 4.98 Å². The zero-order chi connectivity index (χ0) is 20.4. The molecule has 6 nitrogen and oxygen atoms in total. The molecule has 1 N–H and O–H groups in total. The fraction of sp³-hybridized carbons (Fsp3) is 0.609. The number of hydrogen-bond acceptors (Lipinski definition) is 5. The van der Waals surface area contributed by atoms with Crippen molar-refractivity contribution >= 4 is 5.91 Å². The SMILES string of the molecule is Cc1ccc(C2(c3noc(CN(C[C@H]4CCC(=O)N4)C(C)C)n3)CCCC2)cc1. The highest BCUT2D eigenvalue weighted by Crippen LogP contribution is 2.45. The molecule has 1 amide bonds. The first kappa shape index (κ1) is 20.1. The van der Waals surface area contributed by atoms with Crippen molar-refractivity contribution in [2.45, 2.75) is 83.3 Å². The van der Waals surface area contributed by atoms with Crippen LogP contribution >= 0.6 is 0 Å². The van der Waals surface area contributed by atoms with Gasteiger partial charge < -0.3 is 9.84 Å². The van der Waals surface area contributed by atoms with E-state index in [1.54, 1.807) is 0 Å². The third-order valence-electron chi connectivity index (χ3n) is 6.57. The van der Waals surface area contributed by atoms with E-state index < -0.39 is 0 Å². The van der Waals surface area contributed by atoms with Crippen LogP contribution in [0.5, 0.6) is 0 Å². The van der Waals surface area contributed by atoms with Gasteiger partial charge in [0.15, 0.2) is 5.82 Å². The van der Waals surface area contributed by atoms with Gasteiger partial charge in [-0.1, -0.05) is 47.8 Å². The first-order valence-electron chi connectivity index (χ1n) is 10.9. The summed E-state index contributed by atoms with van der Waals surface area (Å²) in [5.74, 6) is 1.64. The molecule has 1 aromatic carbocycles. The molecule has 6 heteroatoms. The zero-order valence-electron chi connectivity index (χ0n) is 17.8. The summed E-state index contributed by atoms with van der Waals surface area (Å²) in [5, 5.41) is 7.50. The van der Waals surface area contributed by atoms with Gasteiger partial charge in [0.1, 0.15) is 0 Å². The van der Waals surface area contributed by atoms with Crippen LogP contribution in [0.1, 0.15) is 75.2 Å². The molecule has 29 heavy (non-hydrogen) atoms. The van der Waals surface area contributed by atoms with Crippen molar-refractivity contribution in [1.29, 1.82) is 0 Å². The Labute approximate surface area is 173 Å². The summed E-state index contributed by atoms with van der Waals surface area (Å²) < 4.78 is 5.72. The van der Waals surface area contributed by atoms with Crippen LogP contribution < -0.4 is 5.32 Å². The molecule has 4 rings (SSSR count). The standard InChI is InChI=1S/C23H32N4O2/c1-16(2)27(14-19-10-11-20(28)24-19)15-21-25-22(26-29-21)23(12-4-5-13-23)18-8-6-17(3)7-9-18/h6-9,16,19H,4-5,10-15H2,1-3H3,(H,24,28)/t19-/m1/s1. The Morgan fingerprint density at radius 2 is 1.97 bits per heavy atom. The Kier molecular flexibility index (Phi) is 5.72. The van der Waals surface area contributed by atoms with Gasteiger partial charge in [-0.05, 0) is 45.6 Å². The van der Waals surface area contributed by atoms with Gasteiger partial charge in [0.25, 0.3) is 0 Å². The largest absolute Gasteiger partial charge is 0.352 e. The normalized spacial score (nSPS) is 21.3. The van der Waals surface area contributed by atoms with Gasteiger partial charge in [-0.15, -0.1) is 0 Å². The lowest BCUT2D eigenvalue weighted by Crippen LogP contribution is -2.41. The third-order valence-corrected chi connectivity index (χ3v) is 6.57. The minimum atomic E-state index is -0.127. The molecule has 1 atom stereocenters. The lowest BCUT2D eigenvalue weighted by molar-refractivity contribution is -0.119. The predicted molar refractivity (Wildman–Crippen MR) is 111 cm³/mol. The number of amides is 1. The van der Waals surface area contributed by atoms with E-state index in [0.717, 1.165) is 31.6 Å². The zero-order valence-corrected chi connectivity index (χ0v) is 17.8. The lowest BCUT2D eigenvalue weighted by Gasteiger charge is -2.28. The molecule has 1 aliphatic carbocycles. The topological polar surface area (TPSA) is 71.3 Å². The molecule has 1 aromatic heterocycles. The average molecular weight is 397 g/mol. The minimum Gasteiger partial charge on any atom is -0.352 e. The molecule has 0 unspecified atom stereocenters. The Morgan fingerprint density at radius 1 is 1.24 bits per heavy atom. The highest BCUT2D eigenvalue weighted by molar-refractivity contribution is 5.78. The molecule has 2 heterocycles. The summed E-state index contributed by atoms with van der Waals surface area (Å²) in [6.07, 6.45) is 6.04. The molecule has 2 aliphatic rings. The van der Waals surface area contributed by atoms with Crippen LogP contribution in [0.15, 0.2) is 28.8 Å². The molecule has 0 spiro atoms. The maximum Gasteiger partial charge on any atom is 0.240 e. The monoisotopic (exact) mass is 396 g/mol. The van der Waals surface area contributed by atoms with Gasteiger partial charge in [-0.3, -0.25) is 9.69 Å². The average Bonchev–Trinajstić information content (AvgIpc) is 3.43. The van der Waals surface area contributed by atoms with Gasteiger partial charge >= 0.3 is 0 Å². The van der Waals surface area contributed by atoms with E-state index in [0.29, 0.717) is 24.9 Å². The van der Waals surface area contributed by atoms with Crippen molar-refractivity contribution in [3.63, 3.8) is 0 Å². The van der Waals surface area contributed by atoms with Crippen molar-refractivity contribution in [1.82, 2.24) is 20.4 Å². The highest BCUT2D eigenvalue weighted by atomic mass is 16.5. The Balaban J connectivity index is 1.52. The fourth-order valence-electron chi connectivity index (χ4n) is 4.74. The van der Waals surface area contributed by atoms with Gasteiger partial charge in [0, 0.05) is 25.0 Å². The van der Waals surface area contributed by atoms with Crippen LogP contribution in [0.3, 0.4) is 0 Å². The van der Waals surface area contributed by atoms with Crippen LogP contribution in [0, 0.1) is 6.92 Å². The van der Waals surface area contributed by atoms with Crippen LogP contribution in [0.25, 0.3) is 0 Å². The molecule has 156 valence electrons. The quantitative estimate of drug-likeness (QED) is 0.772. The molecule has 0 bridgehead atoms. The fourth-order valence-corrected chi connectivity index (χ4v) is 4.74. The number of nitrogens with one attached hydrogen (secondary N) is 1. The number of benzene rings is 1. The predicted octanol–water partition coefficient (Wildman–Crippen LogP) is 3.73. The van der Waals surface area contributed by atoms with Crippen molar-refractivity contribution in [3.05, 3.63) is 47.1 Å². The van der Waals surface area contributed by atoms with E-state index in [1.165, 1.54) is 24.0 Å². The molecule has 2 aromatic rings. The van der Waals surface area contributed by atoms with Crippen molar-refractivity contribution in [3.8, 4) is 0 Å². The van der Waals surface area contributed by atoms with Crippen LogP contribution in [0.2, 0.25) is 0 Å². The molecular weight excluding hydrogens is 364 g/mol. The summed E-state index contributed by atoms with van der Waals surface area (Å²) in [7, 11) is 0. The van der Waals surface area contributed by atoms with Gasteiger partial charge in [-0.25, -0.2) is 0 Å². The second-order valence-corrected chi connectivity index (χ2v) is 8.99.